The van der Waals surface area contributed by atoms with Crippen LogP contribution in [0.4, 0.5) is 0 Å². The molecule has 5 heteroatoms. The van der Waals surface area contributed by atoms with Crippen LogP contribution in [0.5, 0.6) is 17.2 Å². The molecule has 0 spiro atoms. The van der Waals surface area contributed by atoms with E-state index in [2.05, 4.69) is 13.8 Å². The van der Waals surface area contributed by atoms with Crippen molar-refractivity contribution in [2.45, 2.75) is 39.4 Å². The van der Waals surface area contributed by atoms with Crippen LogP contribution in [0.1, 0.15) is 32.3 Å². The first-order valence-corrected chi connectivity index (χ1v) is 10.7. The van der Waals surface area contributed by atoms with Gasteiger partial charge in [-0.3, -0.25) is 4.79 Å². The average Bonchev–Trinajstić information content (AvgIpc) is 3.13. The van der Waals surface area contributed by atoms with Crippen molar-refractivity contribution < 1.29 is 23.7 Å². The Morgan fingerprint density at radius 1 is 0.935 bits per heavy atom. The maximum atomic E-state index is 13.5. The van der Waals surface area contributed by atoms with Crippen LogP contribution in [0.2, 0.25) is 0 Å². The number of fused-ring (bicyclic) bond motifs is 2. The number of ketones is 1. The lowest BCUT2D eigenvalue weighted by atomic mass is 9.69. The lowest BCUT2D eigenvalue weighted by Crippen LogP contribution is -2.37. The molecule has 0 aliphatic heterocycles. The fourth-order valence-electron chi connectivity index (χ4n) is 5.17. The van der Waals surface area contributed by atoms with E-state index in [4.69, 9.17) is 18.9 Å². The van der Waals surface area contributed by atoms with E-state index < -0.39 is 11.5 Å². The van der Waals surface area contributed by atoms with E-state index in [-0.39, 0.29) is 17.1 Å². The number of methoxy groups -OCH3 is 2. The quantitative estimate of drug-likeness (QED) is 0.548. The molecular formula is C26H30O5. The lowest BCUT2D eigenvalue weighted by molar-refractivity contribution is -0.138. The van der Waals surface area contributed by atoms with Gasteiger partial charge in [0.25, 0.3) is 0 Å². The van der Waals surface area contributed by atoms with Crippen LogP contribution in [0.3, 0.4) is 0 Å². The van der Waals surface area contributed by atoms with E-state index in [1.165, 1.54) is 0 Å². The Hall–Kier alpha value is -2.79. The summed E-state index contributed by atoms with van der Waals surface area (Å²) in [6, 6.07) is 15.2. The highest BCUT2D eigenvalue weighted by atomic mass is 16.5. The van der Waals surface area contributed by atoms with Crippen molar-refractivity contribution in [2.24, 2.45) is 16.7 Å². The van der Waals surface area contributed by atoms with Crippen LogP contribution in [0, 0.1) is 16.7 Å². The Balaban J connectivity index is 1.46. The molecule has 5 nitrogen and oxygen atoms in total. The summed E-state index contributed by atoms with van der Waals surface area (Å²) in [7, 11) is 3.28. The molecule has 2 fully saturated rings. The smallest absolute Gasteiger partial charge is 0.172 e. The first-order chi connectivity index (χ1) is 14.9. The molecule has 2 aromatic carbocycles. The van der Waals surface area contributed by atoms with Crippen molar-refractivity contribution in [3.63, 3.8) is 0 Å². The number of benzene rings is 2. The molecular weight excluding hydrogens is 392 g/mol. The molecule has 164 valence electrons. The van der Waals surface area contributed by atoms with Gasteiger partial charge in [0, 0.05) is 0 Å². The molecule has 4 rings (SSSR count). The van der Waals surface area contributed by atoms with Gasteiger partial charge in [0.15, 0.2) is 5.78 Å². The molecule has 31 heavy (non-hydrogen) atoms. The second-order valence-corrected chi connectivity index (χ2v) is 8.88. The predicted molar refractivity (Wildman–Crippen MR) is 118 cm³/mol. The van der Waals surface area contributed by atoms with E-state index in [0.29, 0.717) is 12.4 Å². The highest BCUT2D eigenvalue weighted by molar-refractivity contribution is 5.95. The minimum Gasteiger partial charge on any atom is -0.497 e. The molecule has 0 unspecified atom stereocenters. The number of Topliss-reactive ketones (excluding diaryl/α,β-unsaturated/α-hetero) is 1. The molecule has 0 amide bonds. The largest absolute Gasteiger partial charge is 0.497 e. The number of allylic oxidation sites excluding steroid dienone is 1. The molecule has 0 aromatic heterocycles. The number of hydrogen-bond donors (Lipinski definition) is 0. The highest BCUT2D eigenvalue weighted by Crippen LogP contribution is 2.65. The van der Waals surface area contributed by atoms with Gasteiger partial charge in [0.05, 0.1) is 32.5 Å². The molecule has 0 saturated heterocycles. The fourth-order valence-corrected chi connectivity index (χ4v) is 5.17. The summed E-state index contributed by atoms with van der Waals surface area (Å²) in [6.07, 6.45) is 5.02. The first kappa shape index (κ1) is 21.4. The normalized spacial score (nSPS) is 26.4. The van der Waals surface area contributed by atoms with Crippen LogP contribution in [0.15, 0.2) is 60.9 Å². The zero-order valence-corrected chi connectivity index (χ0v) is 18.6. The third-order valence-electron chi connectivity index (χ3n) is 7.19. The first-order valence-electron chi connectivity index (χ1n) is 10.7. The monoisotopic (exact) mass is 422 g/mol. The summed E-state index contributed by atoms with van der Waals surface area (Å²) in [5, 5.41) is 0. The van der Waals surface area contributed by atoms with Gasteiger partial charge in [-0.15, -0.1) is 0 Å². The maximum Gasteiger partial charge on any atom is 0.172 e. The van der Waals surface area contributed by atoms with Gasteiger partial charge in [0.1, 0.15) is 23.4 Å². The molecule has 2 bridgehead atoms. The summed E-state index contributed by atoms with van der Waals surface area (Å²) >= 11 is 0. The third kappa shape index (κ3) is 3.72. The Morgan fingerprint density at radius 2 is 1.52 bits per heavy atom. The molecule has 2 aromatic rings. The summed E-state index contributed by atoms with van der Waals surface area (Å²) in [5.41, 5.74) is 0.282. The minimum atomic E-state index is -0.561. The number of rotatable bonds is 8. The Morgan fingerprint density at radius 3 is 2.13 bits per heavy atom. The fraction of sp³-hybridized carbons (Fsp3) is 0.423. The molecule has 2 saturated carbocycles. The van der Waals surface area contributed by atoms with Gasteiger partial charge in [-0.1, -0.05) is 26.0 Å². The van der Waals surface area contributed by atoms with Gasteiger partial charge in [-0.25, -0.2) is 0 Å². The summed E-state index contributed by atoms with van der Waals surface area (Å²) < 4.78 is 22.4. The van der Waals surface area contributed by atoms with Crippen molar-refractivity contribution in [3.8, 4) is 17.2 Å². The van der Waals surface area contributed by atoms with Crippen LogP contribution < -0.4 is 14.2 Å². The molecule has 0 heterocycles. The van der Waals surface area contributed by atoms with E-state index in [1.807, 2.05) is 54.6 Å². The second-order valence-electron chi connectivity index (χ2n) is 8.88. The van der Waals surface area contributed by atoms with E-state index in [9.17, 15) is 4.79 Å². The number of ether oxygens (including phenoxy) is 4. The maximum absolute atomic E-state index is 13.5. The summed E-state index contributed by atoms with van der Waals surface area (Å²) in [4.78, 5) is 13.5. The number of hydrogen-bond acceptors (Lipinski definition) is 5. The van der Waals surface area contributed by atoms with Gasteiger partial charge in [-0.05, 0) is 72.2 Å². The van der Waals surface area contributed by atoms with Gasteiger partial charge in [0.2, 0.25) is 0 Å². The molecule has 2 aliphatic rings. The van der Waals surface area contributed by atoms with Gasteiger partial charge >= 0.3 is 0 Å². The van der Waals surface area contributed by atoms with Crippen molar-refractivity contribution in [1.29, 1.82) is 0 Å². The predicted octanol–water partition coefficient (Wildman–Crippen LogP) is 5.19. The Bertz CT molecular complexity index is 945. The van der Waals surface area contributed by atoms with Crippen LogP contribution in [0.25, 0.3) is 0 Å². The van der Waals surface area contributed by atoms with Crippen molar-refractivity contribution in [3.05, 3.63) is 66.4 Å². The molecule has 0 N–H and O–H groups in total. The lowest BCUT2D eigenvalue weighted by Gasteiger charge is -2.32. The zero-order valence-electron chi connectivity index (χ0n) is 18.6. The minimum absolute atomic E-state index is 0.164. The van der Waals surface area contributed by atoms with E-state index in [0.717, 1.165) is 29.9 Å². The topological polar surface area (TPSA) is 54.0 Å². The van der Waals surface area contributed by atoms with Crippen LogP contribution in [-0.2, 0) is 16.1 Å². The van der Waals surface area contributed by atoms with Crippen LogP contribution >= 0.6 is 0 Å². The number of carbonyl (C=O) groups is 1. The Kier molecular flexibility index (Phi) is 5.80. The zero-order chi connectivity index (χ0) is 22.1. The number of carbonyl (C=O) groups excluding carboxylic acids is 1. The van der Waals surface area contributed by atoms with Crippen LogP contribution in [-0.4, -0.2) is 26.1 Å². The summed E-state index contributed by atoms with van der Waals surface area (Å²) in [6.45, 7) is 4.77. The molecule has 2 aliphatic carbocycles. The second kappa shape index (κ2) is 8.39. The van der Waals surface area contributed by atoms with Gasteiger partial charge < -0.3 is 18.9 Å². The SMILES string of the molecule is COc1ccc(CO[C@H]2C(=O)[C@@]3(/C=C\Oc4ccc(OC)cc4)CC[C@H]2C3(C)C)cc1. The van der Waals surface area contributed by atoms with Gasteiger partial charge in [-0.2, -0.15) is 0 Å². The average molecular weight is 423 g/mol. The molecule has 3 atom stereocenters. The van der Waals surface area contributed by atoms with Crippen molar-refractivity contribution in [1.82, 2.24) is 0 Å². The van der Waals surface area contributed by atoms with E-state index in [1.54, 1.807) is 20.5 Å². The van der Waals surface area contributed by atoms with Crippen molar-refractivity contribution in [2.75, 3.05) is 14.2 Å². The van der Waals surface area contributed by atoms with Crippen molar-refractivity contribution >= 4 is 5.78 Å². The Labute approximate surface area is 184 Å². The third-order valence-corrected chi connectivity index (χ3v) is 7.19. The highest BCUT2D eigenvalue weighted by Gasteiger charge is 2.68. The van der Waals surface area contributed by atoms with E-state index >= 15 is 0 Å². The standard InChI is InChI=1S/C26H30O5/c1-25(2)22-13-14-26(25,15-16-30-21-11-9-20(29-4)10-12-21)24(27)23(22)31-17-18-5-7-19(28-3)8-6-18/h5-12,15-16,22-23H,13-14,17H2,1-4H3/b16-15-/t22-,23-,26+/m1/s1. The molecule has 0 radical (unpaired) electrons. The summed E-state index contributed by atoms with van der Waals surface area (Å²) in [5.74, 6) is 2.65.